The number of benzene rings is 2. The summed E-state index contributed by atoms with van der Waals surface area (Å²) in [5.41, 5.74) is 2.37. The first-order valence-electron chi connectivity index (χ1n) is 10.2. The van der Waals surface area contributed by atoms with E-state index in [9.17, 15) is 14.4 Å². The van der Waals surface area contributed by atoms with Gasteiger partial charge >= 0.3 is 6.03 Å². The maximum Gasteiger partial charge on any atom is 0.335 e. The van der Waals surface area contributed by atoms with Crippen molar-refractivity contribution in [2.75, 3.05) is 11.5 Å². The van der Waals surface area contributed by atoms with Gasteiger partial charge in [0.05, 0.1) is 23.4 Å². The van der Waals surface area contributed by atoms with E-state index in [4.69, 9.17) is 21.1 Å². The summed E-state index contributed by atoms with van der Waals surface area (Å²) in [5.74, 6) is -0.717. The van der Waals surface area contributed by atoms with Gasteiger partial charge in [0.25, 0.3) is 11.8 Å². The third-order valence-electron chi connectivity index (χ3n) is 4.91. The summed E-state index contributed by atoms with van der Waals surface area (Å²) in [6.07, 6.45) is 1.26. The van der Waals surface area contributed by atoms with E-state index in [1.165, 1.54) is 6.08 Å². The molecule has 1 heterocycles. The maximum absolute atomic E-state index is 13.2. The molecule has 0 saturated carbocycles. The Morgan fingerprint density at radius 3 is 2.53 bits per heavy atom. The highest BCUT2D eigenvalue weighted by atomic mass is 35.5. The van der Waals surface area contributed by atoms with Crippen molar-refractivity contribution < 1.29 is 23.9 Å². The number of halogens is 1. The third-order valence-corrected chi connectivity index (χ3v) is 5.20. The predicted octanol–water partition coefficient (Wildman–Crippen LogP) is 4.81. The first-order valence-corrected chi connectivity index (χ1v) is 10.6. The van der Waals surface area contributed by atoms with E-state index in [1.807, 2.05) is 40.7 Å². The summed E-state index contributed by atoms with van der Waals surface area (Å²) in [7, 11) is 0. The van der Waals surface area contributed by atoms with Gasteiger partial charge in [0.2, 0.25) is 0 Å². The standard InChI is InChI=1S/C24H25ClN2O5/c1-6-31-20-12-16(11-18(25)21(20)32-13(2)3)10-17-22(28)26-24(30)27(23(17)29)19-9-7-8-14(4)15(19)5/h7-13H,6H2,1-5H3,(H,26,28,30)/b17-10+. The minimum absolute atomic E-state index is 0.126. The summed E-state index contributed by atoms with van der Waals surface area (Å²) < 4.78 is 11.4. The average Bonchev–Trinajstić information content (AvgIpc) is 2.71. The van der Waals surface area contributed by atoms with Gasteiger partial charge in [-0.25, -0.2) is 9.69 Å². The van der Waals surface area contributed by atoms with E-state index < -0.39 is 17.8 Å². The molecule has 7 nitrogen and oxygen atoms in total. The van der Waals surface area contributed by atoms with Gasteiger partial charge in [0.15, 0.2) is 11.5 Å². The Bertz CT molecular complexity index is 1120. The first-order chi connectivity index (χ1) is 15.1. The third kappa shape index (κ3) is 4.62. The molecule has 3 rings (SSSR count). The van der Waals surface area contributed by atoms with Crippen molar-refractivity contribution in [3.63, 3.8) is 0 Å². The number of carbonyl (C=O) groups excluding carboxylic acids is 3. The zero-order chi connectivity index (χ0) is 23.6. The van der Waals surface area contributed by atoms with E-state index in [-0.39, 0.29) is 16.7 Å². The van der Waals surface area contributed by atoms with Crippen molar-refractivity contribution in [3.8, 4) is 11.5 Å². The molecule has 1 fully saturated rings. The molecule has 1 aliphatic heterocycles. The van der Waals surface area contributed by atoms with Gasteiger partial charge < -0.3 is 9.47 Å². The number of aryl methyl sites for hydroxylation is 1. The Kier molecular flexibility index (Phi) is 6.89. The molecule has 2 aromatic rings. The van der Waals surface area contributed by atoms with Crippen LogP contribution in [0.4, 0.5) is 10.5 Å². The number of rotatable bonds is 6. The molecule has 8 heteroatoms. The second-order valence-corrected chi connectivity index (χ2v) is 8.01. The van der Waals surface area contributed by atoms with Crippen LogP contribution >= 0.6 is 11.6 Å². The van der Waals surface area contributed by atoms with Crippen LogP contribution in [0.25, 0.3) is 6.08 Å². The topological polar surface area (TPSA) is 84.9 Å². The fourth-order valence-corrected chi connectivity index (χ4v) is 3.57. The number of barbiturate groups is 1. The van der Waals surface area contributed by atoms with Crippen LogP contribution in [0.1, 0.15) is 37.5 Å². The molecular weight excluding hydrogens is 432 g/mol. The smallest absolute Gasteiger partial charge is 0.335 e. The van der Waals surface area contributed by atoms with Crippen molar-refractivity contribution >= 4 is 41.2 Å². The number of anilines is 1. The van der Waals surface area contributed by atoms with Gasteiger partial charge in [-0.3, -0.25) is 14.9 Å². The minimum atomic E-state index is -0.792. The van der Waals surface area contributed by atoms with E-state index in [2.05, 4.69) is 5.32 Å². The van der Waals surface area contributed by atoms with Crippen LogP contribution in [-0.2, 0) is 9.59 Å². The van der Waals surface area contributed by atoms with Crippen molar-refractivity contribution in [1.82, 2.24) is 5.32 Å². The highest BCUT2D eigenvalue weighted by Gasteiger charge is 2.37. The Labute approximate surface area is 191 Å². The summed E-state index contributed by atoms with van der Waals surface area (Å²) in [5, 5.41) is 2.52. The van der Waals surface area contributed by atoms with Crippen molar-refractivity contribution in [3.05, 3.63) is 57.6 Å². The minimum Gasteiger partial charge on any atom is -0.490 e. The SMILES string of the molecule is CCOc1cc(/C=C2\C(=O)NC(=O)N(c3cccc(C)c3C)C2=O)cc(Cl)c1OC(C)C. The zero-order valence-corrected chi connectivity index (χ0v) is 19.4. The molecular formula is C24H25ClN2O5. The van der Waals surface area contributed by atoms with Gasteiger partial charge in [-0.15, -0.1) is 0 Å². The molecule has 1 saturated heterocycles. The van der Waals surface area contributed by atoms with Crippen LogP contribution in [-0.4, -0.2) is 30.6 Å². The molecule has 32 heavy (non-hydrogen) atoms. The van der Waals surface area contributed by atoms with Crippen LogP contribution in [0.5, 0.6) is 11.5 Å². The fourth-order valence-electron chi connectivity index (χ4n) is 3.31. The van der Waals surface area contributed by atoms with Crippen molar-refractivity contribution in [1.29, 1.82) is 0 Å². The number of nitrogens with zero attached hydrogens (tertiary/aromatic N) is 1. The molecule has 0 atom stereocenters. The largest absolute Gasteiger partial charge is 0.490 e. The molecule has 0 unspecified atom stereocenters. The second kappa shape index (κ2) is 9.44. The Morgan fingerprint density at radius 2 is 1.88 bits per heavy atom. The molecule has 0 bridgehead atoms. The van der Waals surface area contributed by atoms with Crippen LogP contribution in [0.15, 0.2) is 35.9 Å². The molecule has 4 amide bonds. The van der Waals surface area contributed by atoms with Crippen LogP contribution < -0.4 is 19.7 Å². The Balaban J connectivity index is 2.07. The molecule has 0 spiro atoms. The van der Waals surface area contributed by atoms with Gasteiger partial charge in [-0.05, 0) is 75.6 Å². The van der Waals surface area contributed by atoms with Crippen LogP contribution in [0.2, 0.25) is 5.02 Å². The van der Waals surface area contributed by atoms with E-state index in [0.29, 0.717) is 29.4 Å². The lowest BCUT2D eigenvalue weighted by molar-refractivity contribution is -0.122. The Morgan fingerprint density at radius 1 is 1.16 bits per heavy atom. The number of hydrogen-bond donors (Lipinski definition) is 1. The number of nitrogens with one attached hydrogen (secondary N) is 1. The molecule has 1 aliphatic rings. The lowest BCUT2D eigenvalue weighted by atomic mass is 10.0. The van der Waals surface area contributed by atoms with E-state index >= 15 is 0 Å². The van der Waals surface area contributed by atoms with E-state index in [0.717, 1.165) is 16.0 Å². The normalized spacial score (nSPS) is 15.4. The molecule has 2 aromatic carbocycles. The number of hydrogen-bond acceptors (Lipinski definition) is 5. The lowest BCUT2D eigenvalue weighted by Gasteiger charge is -2.28. The van der Waals surface area contributed by atoms with Crippen LogP contribution in [0.3, 0.4) is 0 Å². The van der Waals surface area contributed by atoms with Crippen molar-refractivity contribution in [2.24, 2.45) is 0 Å². The molecule has 0 aliphatic carbocycles. The number of ether oxygens (including phenoxy) is 2. The summed E-state index contributed by atoms with van der Waals surface area (Å²) in [6, 6.07) is 7.72. The number of urea groups is 1. The van der Waals surface area contributed by atoms with Gasteiger partial charge in [-0.1, -0.05) is 23.7 Å². The average molecular weight is 457 g/mol. The first kappa shape index (κ1) is 23.3. The summed E-state index contributed by atoms with van der Waals surface area (Å²) >= 11 is 6.41. The molecule has 1 N–H and O–H groups in total. The lowest BCUT2D eigenvalue weighted by Crippen LogP contribution is -2.54. The zero-order valence-electron chi connectivity index (χ0n) is 18.6. The number of amides is 4. The highest BCUT2D eigenvalue weighted by molar-refractivity contribution is 6.39. The van der Waals surface area contributed by atoms with E-state index in [1.54, 1.807) is 24.3 Å². The number of carbonyl (C=O) groups is 3. The monoisotopic (exact) mass is 456 g/mol. The summed E-state index contributed by atoms with van der Waals surface area (Å²) in [4.78, 5) is 39.2. The number of imide groups is 2. The van der Waals surface area contributed by atoms with Gasteiger partial charge in [-0.2, -0.15) is 0 Å². The predicted molar refractivity (Wildman–Crippen MR) is 123 cm³/mol. The fraction of sp³-hybridized carbons (Fsp3) is 0.292. The van der Waals surface area contributed by atoms with Gasteiger partial charge in [0, 0.05) is 0 Å². The molecule has 0 aromatic heterocycles. The quantitative estimate of drug-likeness (QED) is 0.498. The van der Waals surface area contributed by atoms with Gasteiger partial charge in [0.1, 0.15) is 5.57 Å². The maximum atomic E-state index is 13.2. The van der Waals surface area contributed by atoms with Crippen LogP contribution in [0, 0.1) is 13.8 Å². The Hall–Kier alpha value is -3.32. The van der Waals surface area contributed by atoms with Crippen molar-refractivity contribution in [2.45, 2.75) is 40.7 Å². The molecule has 0 radical (unpaired) electrons. The summed E-state index contributed by atoms with van der Waals surface area (Å²) in [6.45, 7) is 9.62. The molecule has 168 valence electrons. The second-order valence-electron chi connectivity index (χ2n) is 7.61. The highest BCUT2D eigenvalue weighted by Crippen LogP contribution is 2.38.